The summed E-state index contributed by atoms with van der Waals surface area (Å²) in [5.74, 6) is 0.180. The summed E-state index contributed by atoms with van der Waals surface area (Å²) in [6, 6.07) is 14.3. The summed E-state index contributed by atoms with van der Waals surface area (Å²) in [6.45, 7) is 1.48. The first-order valence-electron chi connectivity index (χ1n) is 6.62. The highest BCUT2D eigenvalue weighted by atomic mass is 35.5. The molecule has 2 nitrogen and oxygen atoms in total. The lowest BCUT2D eigenvalue weighted by molar-refractivity contribution is -0.129. The van der Waals surface area contributed by atoms with E-state index in [1.165, 1.54) is 10.8 Å². The highest BCUT2D eigenvalue weighted by Crippen LogP contribution is 2.21. The molecule has 0 aromatic heterocycles. The van der Waals surface area contributed by atoms with Crippen molar-refractivity contribution in [2.75, 3.05) is 13.1 Å². The van der Waals surface area contributed by atoms with Gasteiger partial charge >= 0.3 is 0 Å². The van der Waals surface area contributed by atoms with Gasteiger partial charge in [0.2, 0.25) is 5.91 Å². The van der Waals surface area contributed by atoms with Gasteiger partial charge in [-0.3, -0.25) is 4.79 Å². The maximum Gasteiger partial charge on any atom is 0.227 e. The van der Waals surface area contributed by atoms with E-state index >= 15 is 0 Å². The lowest BCUT2D eigenvalue weighted by atomic mass is 10.0. The van der Waals surface area contributed by atoms with E-state index in [4.69, 9.17) is 11.6 Å². The molecule has 2 aromatic carbocycles. The van der Waals surface area contributed by atoms with Crippen molar-refractivity contribution in [2.45, 2.75) is 18.2 Å². The molecule has 2 aromatic rings. The minimum atomic E-state index is 0.122. The second-order valence-corrected chi connectivity index (χ2v) is 5.66. The number of fused-ring (bicyclic) bond motifs is 1. The van der Waals surface area contributed by atoms with E-state index in [-0.39, 0.29) is 11.3 Å². The van der Waals surface area contributed by atoms with E-state index in [1.54, 1.807) is 0 Å². The number of likely N-dealkylation sites (tertiary alicyclic amines) is 1. The Hall–Kier alpha value is -1.54. The van der Waals surface area contributed by atoms with Crippen LogP contribution in [0.25, 0.3) is 10.8 Å². The monoisotopic (exact) mass is 273 g/mol. The zero-order valence-electron chi connectivity index (χ0n) is 10.7. The average molecular weight is 274 g/mol. The molecule has 3 rings (SSSR count). The smallest absolute Gasteiger partial charge is 0.227 e. The van der Waals surface area contributed by atoms with Crippen molar-refractivity contribution >= 4 is 28.3 Å². The van der Waals surface area contributed by atoms with E-state index in [2.05, 4.69) is 18.2 Å². The van der Waals surface area contributed by atoms with Crippen LogP contribution in [0.3, 0.4) is 0 Å². The number of halogens is 1. The molecular weight excluding hydrogens is 258 g/mol. The summed E-state index contributed by atoms with van der Waals surface area (Å²) in [5.41, 5.74) is 1.10. The SMILES string of the molecule is O=C(Cc1cccc2ccccc12)N1CCC(Cl)C1. The number of amides is 1. The van der Waals surface area contributed by atoms with Crippen LogP contribution in [0.5, 0.6) is 0 Å². The predicted molar refractivity (Wildman–Crippen MR) is 78.5 cm³/mol. The van der Waals surface area contributed by atoms with Gasteiger partial charge in [-0.25, -0.2) is 0 Å². The Morgan fingerprint density at radius 1 is 1.21 bits per heavy atom. The van der Waals surface area contributed by atoms with Crippen LogP contribution in [0.1, 0.15) is 12.0 Å². The van der Waals surface area contributed by atoms with Crippen molar-refractivity contribution in [3.63, 3.8) is 0 Å². The Morgan fingerprint density at radius 2 is 2.00 bits per heavy atom. The molecule has 1 atom stereocenters. The maximum atomic E-state index is 12.3. The molecule has 1 fully saturated rings. The molecule has 0 N–H and O–H groups in total. The van der Waals surface area contributed by atoms with Crippen molar-refractivity contribution < 1.29 is 4.79 Å². The molecule has 0 bridgehead atoms. The van der Waals surface area contributed by atoms with Crippen molar-refractivity contribution in [3.05, 3.63) is 48.0 Å². The van der Waals surface area contributed by atoms with Gasteiger partial charge in [0.15, 0.2) is 0 Å². The Balaban J connectivity index is 1.83. The average Bonchev–Trinajstić information content (AvgIpc) is 2.86. The third kappa shape index (κ3) is 2.59. The zero-order valence-corrected chi connectivity index (χ0v) is 11.4. The minimum Gasteiger partial charge on any atom is -0.341 e. The molecule has 1 aliphatic rings. The number of benzene rings is 2. The van der Waals surface area contributed by atoms with Gasteiger partial charge in [0, 0.05) is 13.1 Å². The highest BCUT2D eigenvalue weighted by Gasteiger charge is 2.24. The van der Waals surface area contributed by atoms with Crippen LogP contribution in [0.2, 0.25) is 0 Å². The van der Waals surface area contributed by atoms with Gasteiger partial charge in [-0.15, -0.1) is 11.6 Å². The molecule has 3 heteroatoms. The quantitative estimate of drug-likeness (QED) is 0.770. The summed E-state index contributed by atoms with van der Waals surface area (Å²) in [6.07, 6.45) is 1.37. The number of hydrogen-bond acceptors (Lipinski definition) is 1. The molecule has 0 radical (unpaired) electrons. The van der Waals surface area contributed by atoms with Crippen molar-refractivity contribution in [2.24, 2.45) is 0 Å². The molecule has 1 heterocycles. The Labute approximate surface area is 118 Å². The lowest BCUT2D eigenvalue weighted by Gasteiger charge is -2.16. The molecule has 1 amide bonds. The van der Waals surface area contributed by atoms with Crippen molar-refractivity contribution in [1.82, 2.24) is 4.90 Å². The van der Waals surface area contributed by atoms with E-state index in [9.17, 15) is 4.79 Å². The molecule has 1 unspecified atom stereocenters. The van der Waals surface area contributed by atoms with Crippen molar-refractivity contribution in [3.8, 4) is 0 Å². The van der Waals surface area contributed by atoms with Crippen LogP contribution in [-0.2, 0) is 11.2 Å². The fourth-order valence-corrected chi connectivity index (χ4v) is 2.93. The molecular formula is C16H16ClNO. The summed E-state index contributed by atoms with van der Waals surface area (Å²) in [4.78, 5) is 14.1. The molecule has 1 saturated heterocycles. The first-order valence-corrected chi connectivity index (χ1v) is 7.06. The van der Waals surface area contributed by atoms with Gasteiger partial charge in [-0.2, -0.15) is 0 Å². The third-order valence-electron chi connectivity index (χ3n) is 3.71. The van der Waals surface area contributed by atoms with Gasteiger partial charge in [-0.1, -0.05) is 42.5 Å². The van der Waals surface area contributed by atoms with E-state index < -0.39 is 0 Å². The van der Waals surface area contributed by atoms with Gasteiger partial charge < -0.3 is 4.90 Å². The zero-order chi connectivity index (χ0) is 13.2. The fraction of sp³-hybridized carbons (Fsp3) is 0.312. The van der Waals surface area contributed by atoms with Crippen LogP contribution in [0, 0.1) is 0 Å². The van der Waals surface area contributed by atoms with Gasteiger partial charge in [0.25, 0.3) is 0 Å². The van der Waals surface area contributed by atoms with E-state index in [1.807, 2.05) is 29.2 Å². The number of hydrogen-bond donors (Lipinski definition) is 0. The minimum absolute atomic E-state index is 0.122. The van der Waals surface area contributed by atoms with E-state index in [0.717, 1.165) is 18.5 Å². The van der Waals surface area contributed by atoms with Crippen LogP contribution in [-0.4, -0.2) is 29.3 Å². The first-order chi connectivity index (χ1) is 9.24. The van der Waals surface area contributed by atoms with Gasteiger partial charge in [0.05, 0.1) is 11.8 Å². The Morgan fingerprint density at radius 3 is 2.79 bits per heavy atom. The van der Waals surface area contributed by atoms with Crippen LogP contribution in [0.4, 0.5) is 0 Å². The number of carbonyl (C=O) groups excluding carboxylic acids is 1. The number of nitrogens with zero attached hydrogens (tertiary/aromatic N) is 1. The first kappa shape index (κ1) is 12.5. The number of rotatable bonds is 2. The maximum absolute atomic E-state index is 12.3. The van der Waals surface area contributed by atoms with Gasteiger partial charge in [0.1, 0.15) is 0 Å². The summed E-state index contributed by atoms with van der Waals surface area (Å²) in [7, 11) is 0. The standard InChI is InChI=1S/C16H16ClNO/c17-14-8-9-18(11-14)16(19)10-13-6-3-5-12-4-1-2-7-15(12)13/h1-7,14H,8-11H2. The van der Waals surface area contributed by atoms with Crippen LogP contribution >= 0.6 is 11.6 Å². The Kier molecular flexibility index (Phi) is 3.43. The van der Waals surface area contributed by atoms with E-state index in [0.29, 0.717) is 13.0 Å². The molecule has 0 aliphatic carbocycles. The molecule has 0 spiro atoms. The Bertz CT molecular complexity index is 605. The van der Waals surface area contributed by atoms with Crippen molar-refractivity contribution in [1.29, 1.82) is 0 Å². The van der Waals surface area contributed by atoms with Gasteiger partial charge in [-0.05, 0) is 22.8 Å². The second kappa shape index (κ2) is 5.22. The number of carbonyl (C=O) groups is 1. The highest BCUT2D eigenvalue weighted by molar-refractivity contribution is 6.21. The summed E-state index contributed by atoms with van der Waals surface area (Å²) >= 11 is 6.06. The normalized spacial score (nSPS) is 19.0. The van der Waals surface area contributed by atoms with Crippen LogP contribution in [0.15, 0.2) is 42.5 Å². The summed E-state index contributed by atoms with van der Waals surface area (Å²) < 4.78 is 0. The summed E-state index contributed by atoms with van der Waals surface area (Å²) in [5, 5.41) is 2.47. The van der Waals surface area contributed by atoms with Crippen LogP contribution < -0.4 is 0 Å². The molecule has 0 saturated carbocycles. The number of alkyl halides is 1. The molecule has 98 valence electrons. The molecule has 1 aliphatic heterocycles. The third-order valence-corrected chi connectivity index (χ3v) is 4.06. The topological polar surface area (TPSA) is 20.3 Å². The second-order valence-electron chi connectivity index (χ2n) is 5.04. The largest absolute Gasteiger partial charge is 0.341 e. The fourth-order valence-electron chi connectivity index (χ4n) is 2.67. The lowest BCUT2D eigenvalue weighted by Crippen LogP contribution is -2.30. The molecule has 19 heavy (non-hydrogen) atoms. The predicted octanol–water partition coefficient (Wildman–Crippen LogP) is 3.22.